The second-order valence-electron chi connectivity index (χ2n) is 32.9. The number of methoxy groups -OCH3 is 3. The average Bonchev–Trinajstić information content (AvgIpc) is 0.808. The van der Waals surface area contributed by atoms with Crippen LogP contribution >= 0.6 is 0 Å². The number of ketones is 1. The molecule has 26 atom stereocenters. The summed E-state index contributed by atoms with van der Waals surface area (Å²) in [5.74, 6) is -15.9. The number of carbonyl (C=O) groups is 9. The molecule has 648 valence electrons. The van der Waals surface area contributed by atoms with Gasteiger partial charge in [-0.25, -0.2) is 14.4 Å². The predicted molar refractivity (Wildman–Crippen MR) is 426 cm³/mol. The lowest BCUT2D eigenvalue weighted by Gasteiger charge is -2.36. The Labute approximate surface area is 673 Å². The standard InChI is InChI=1S/C85H137N3O26/c1-45(2)70(95)68(86-65(93)37-38-84(15,16)77(102)56(13)78(103)85(17,18)83(108)111-21)74(99)52(9)42-50(7)71(96)47(4)33-35-60(89)54(11)79(104)88-67-57(14)112-81(106)69(76(101)82(107)110-20)87-64(92)32-30-28-26-24-22-23-25-27-29-31-58-39-46(3)40-59(113-58)43-61(90)53(10)73(98)51(8)41-49(6)72(97)48(5)34-36-63(55(12)75(67)100)114-66(94)44-62(91)80(105)109-19/h23,25-30,32,34,37-38,41-42,45-47,49,52-63,67-76,78,89-91,95-101,103H,22,24,31,33,35-36,39-40,43-44H2,1-21H3,(H,86,93)(H,87,92)(H,88,104)/b25-23+,28-26+,29-27+,32-30+,38-37+,48-34+,50-42+,51-41+/t46-,47?,49?,52?,53?,54?,55?,56?,57?,58-,59+,60?,61?,62?,63?,67?,68?,69?,70?,71?,72?,73?,74?,75?,76?,78?/m1/s1. The number of rotatable bonds is 27. The highest BCUT2D eigenvalue weighted by Gasteiger charge is 2.46. The molecule has 114 heavy (non-hydrogen) atoms. The van der Waals surface area contributed by atoms with E-state index in [1.165, 1.54) is 73.6 Å². The third-order valence-electron chi connectivity index (χ3n) is 22.1. The molecule has 23 unspecified atom stereocenters. The first-order chi connectivity index (χ1) is 53.0. The van der Waals surface area contributed by atoms with E-state index in [1.54, 1.807) is 86.6 Å². The number of amides is 3. The fourth-order valence-corrected chi connectivity index (χ4v) is 14.1. The predicted octanol–water partition coefficient (Wildman–Crippen LogP) is 5.44. The molecular weight excluding hydrogens is 1480 g/mol. The Bertz CT molecular complexity index is 3350. The van der Waals surface area contributed by atoms with E-state index in [4.69, 9.17) is 23.7 Å². The number of aliphatic hydroxyl groups excluding tert-OH is 11. The van der Waals surface area contributed by atoms with E-state index in [1.807, 2.05) is 24.3 Å². The largest absolute Gasteiger partial charge is 0.469 e. The van der Waals surface area contributed by atoms with Crippen LogP contribution < -0.4 is 16.0 Å². The Balaban J connectivity index is 2.69. The minimum absolute atomic E-state index is 0.0578. The molecule has 0 aromatic carbocycles. The summed E-state index contributed by atoms with van der Waals surface area (Å²) in [5.41, 5.74) is -1.68. The number of hydrogen-bond acceptors (Lipinski definition) is 26. The summed E-state index contributed by atoms with van der Waals surface area (Å²) in [4.78, 5) is 121. The van der Waals surface area contributed by atoms with Gasteiger partial charge in [0.05, 0.1) is 118 Å². The van der Waals surface area contributed by atoms with Gasteiger partial charge in [-0.2, -0.15) is 0 Å². The van der Waals surface area contributed by atoms with Crippen molar-refractivity contribution in [3.05, 3.63) is 95.7 Å². The van der Waals surface area contributed by atoms with E-state index in [0.29, 0.717) is 41.9 Å². The van der Waals surface area contributed by atoms with Crippen molar-refractivity contribution in [2.45, 2.75) is 299 Å². The van der Waals surface area contributed by atoms with Crippen molar-refractivity contribution in [2.75, 3.05) is 21.3 Å². The molecule has 0 aromatic rings. The van der Waals surface area contributed by atoms with Crippen LogP contribution in [0.5, 0.6) is 0 Å². The van der Waals surface area contributed by atoms with Crippen molar-refractivity contribution < 1.29 is 128 Å². The fourth-order valence-electron chi connectivity index (χ4n) is 14.1. The maximum Gasteiger partial charge on any atom is 0.337 e. The molecule has 0 aliphatic carbocycles. The van der Waals surface area contributed by atoms with Crippen LogP contribution in [0.15, 0.2) is 95.7 Å². The van der Waals surface area contributed by atoms with Gasteiger partial charge in [-0.05, 0) is 147 Å². The first kappa shape index (κ1) is 103. The molecule has 1 saturated heterocycles. The number of aliphatic hydroxyl groups is 11. The molecule has 2 aliphatic heterocycles. The van der Waals surface area contributed by atoms with Gasteiger partial charge in [-0.3, -0.25) is 28.8 Å². The molecule has 0 spiro atoms. The number of esters is 5. The SMILES string of the molecule is COC(=O)C(O)CC(=O)OC1C/C=C(\C)C(O)C(C)/C=C(\C)C(O)C(C)C(O)C[C@@H]2C[C@H](C)C[C@@H](C/C=C/C=C/CC/C=C/C=C/C(=O)NC(C(O)C(=O)OC)C(=O)OC(C)C(NC(=O)C(C)C(O)CCC(C)C(O)/C(C)=C/C(C)C(O)C(NC(=O)/C=C/C(C)(C)C(=O)C(C)C(O)C(C)(C)C(=O)OC)C(O)C(C)C)C(O)C1C)O2. The minimum atomic E-state index is -2.39. The highest BCUT2D eigenvalue weighted by molar-refractivity contribution is 5.95. The number of ether oxygens (including phenoxy) is 6. The van der Waals surface area contributed by atoms with Crippen LogP contribution in [0.4, 0.5) is 0 Å². The van der Waals surface area contributed by atoms with Crippen molar-refractivity contribution in [1.29, 1.82) is 0 Å². The van der Waals surface area contributed by atoms with Crippen LogP contribution in [0.2, 0.25) is 0 Å². The van der Waals surface area contributed by atoms with Crippen molar-refractivity contribution in [3.8, 4) is 0 Å². The Hall–Kier alpha value is -7.13. The summed E-state index contributed by atoms with van der Waals surface area (Å²) in [7, 11) is 3.05. The van der Waals surface area contributed by atoms with E-state index in [0.717, 1.165) is 46.3 Å². The zero-order valence-electron chi connectivity index (χ0n) is 70.7. The normalized spacial score (nSPS) is 30.3. The van der Waals surface area contributed by atoms with Crippen LogP contribution in [-0.4, -0.2) is 241 Å². The highest BCUT2D eigenvalue weighted by Crippen LogP contribution is 2.36. The molecule has 0 saturated carbocycles. The Morgan fingerprint density at radius 3 is 1.88 bits per heavy atom. The number of Topliss-reactive ketones (excluding diaryl/α,β-unsaturated/α-hetero) is 1. The van der Waals surface area contributed by atoms with Gasteiger partial charge in [0.2, 0.25) is 17.7 Å². The van der Waals surface area contributed by atoms with Gasteiger partial charge in [0.1, 0.15) is 18.0 Å². The number of hydrogen-bond donors (Lipinski definition) is 14. The van der Waals surface area contributed by atoms with Gasteiger partial charge in [0, 0.05) is 47.5 Å². The lowest BCUT2D eigenvalue weighted by molar-refractivity contribution is -0.169. The van der Waals surface area contributed by atoms with Crippen molar-refractivity contribution in [3.63, 3.8) is 0 Å². The van der Waals surface area contributed by atoms with Crippen molar-refractivity contribution in [2.24, 2.45) is 64.1 Å². The Kier molecular flexibility index (Phi) is 44.4. The van der Waals surface area contributed by atoms with Gasteiger partial charge in [-0.15, -0.1) is 0 Å². The summed E-state index contributed by atoms with van der Waals surface area (Å²) < 4.78 is 32.3. The second kappa shape index (κ2) is 49.2. The maximum atomic E-state index is 14.6. The molecule has 2 rings (SSSR count). The monoisotopic (exact) mass is 1620 g/mol. The first-order valence-electron chi connectivity index (χ1n) is 39.6. The van der Waals surface area contributed by atoms with Gasteiger partial charge in [-0.1, -0.05) is 136 Å². The van der Waals surface area contributed by atoms with Crippen LogP contribution in [0.25, 0.3) is 0 Å². The molecule has 14 N–H and O–H groups in total. The third kappa shape index (κ3) is 32.4. The smallest absolute Gasteiger partial charge is 0.337 e. The summed E-state index contributed by atoms with van der Waals surface area (Å²) in [6, 6.07) is -5.25. The molecule has 29 nitrogen and oxygen atoms in total. The third-order valence-corrected chi connectivity index (χ3v) is 22.1. The summed E-state index contributed by atoms with van der Waals surface area (Å²) in [5, 5.41) is 135. The average molecular weight is 1620 g/mol. The zero-order chi connectivity index (χ0) is 87.1. The zero-order valence-corrected chi connectivity index (χ0v) is 70.7. The second-order valence-corrected chi connectivity index (χ2v) is 32.9. The van der Waals surface area contributed by atoms with E-state index in [2.05, 4.69) is 27.6 Å². The van der Waals surface area contributed by atoms with Crippen LogP contribution in [0.3, 0.4) is 0 Å². The van der Waals surface area contributed by atoms with Crippen LogP contribution in [-0.2, 0) is 71.6 Å². The molecule has 1 fully saturated rings. The molecule has 2 heterocycles. The van der Waals surface area contributed by atoms with Gasteiger partial charge >= 0.3 is 29.8 Å². The molecule has 3 amide bonds. The van der Waals surface area contributed by atoms with Crippen LogP contribution in [0, 0.1) is 64.1 Å². The van der Waals surface area contributed by atoms with E-state index in [-0.39, 0.29) is 37.9 Å². The number of fused-ring (bicyclic) bond motifs is 2. The molecule has 0 aromatic heterocycles. The van der Waals surface area contributed by atoms with Crippen molar-refractivity contribution in [1.82, 2.24) is 16.0 Å². The van der Waals surface area contributed by atoms with Crippen LogP contribution in [0.1, 0.15) is 189 Å². The van der Waals surface area contributed by atoms with E-state index in [9.17, 15) is 99.3 Å². The lowest BCUT2D eigenvalue weighted by Crippen LogP contribution is -2.58. The number of cyclic esters (lactones) is 1. The Morgan fingerprint density at radius 2 is 1.29 bits per heavy atom. The number of nitrogens with one attached hydrogen (secondary N) is 3. The van der Waals surface area contributed by atoms with Crippen molar-refractivity contribution >= 4 is 53.4 Å². The quantitative estimate of drug-likeness (QED) is 0.0211. The van der Waals surface area contributed by atoms with Gasteiger partial charge in [0.15, 0.2) is 18.2 Å². The topological polar surface area (TPSA) is 468 Å². The molecule has 0 radical (unpaired) electrons. The first-order valence-corrected chi connectivity index (χ1v) is 39.6. The lowest BCUT2D eigenvalue weighted by atomic mass is 9.72. The molecule has 2 aliphatic rings. The molecule has 29 heteroatoms. The summed E-state index contributed by atoms with van der Waals surface area (Å²) in [6.07, 6.45) is 2.68. The minimum Gasteiger partial charge on any atom is -0.469 e. The maximum absolute atomic E-state index is 14.6. The molecule has 2 bridgehead atoms. The summed E-state index contributed by atoms with van der Waals surface area (Å²) in [6.45, 7) is 28.3. The Morgan fingerprint density at radius 1 is 0.702 bits per heavy atom. The highest BCUT2D eigenvalue weighted by atomic mass is 16.6. The van der Waals surface area contributed by atoms with Gasteiger partial charge in [0.25, 0.3) is 0 Å². The summed E-state index contributed by atoms with van der Waals surface area (Å²) >= 11 is 0. The number of allylic oxidation sites excluding steroid dienone is 7. The van der Waals surface area contributed by atoms with E-state index < -0.39 is 215 Å². The molecular formula is C85H137N3O26. The number of carbonyl (C=O) groups excluding carboxylic acids is 9. The van der Waals surface area contributed by atoms with Gasteiger partial charge < -0.3 is 101 Å². The fraction of sp³-hybridized carbons (Fsp3) is 0.706. The van der Waals surface area contributed by atoms with E-state index >= 15 is 0 Å².